The number of hydrogen-bond acceptors (Lipinski definition) is 3. The van der Waals surface area contributed by atoms with Gasteiger partial charge >= 0.3 is 0 Å². The van der Waals surface area contributed by atoms with Crippen molar-refractivity contribution in [2.45, 2.75) is 37.4 Å². The third-order valence-electron chi connectivity index (χ3n) is 7.30. The zero-order valence-electron chi connectivity index (χ0n) is 18.6. The van der Waals surface area contributed by atoms with Gasteiger partial charge in [-0.15, -0.1) is 0 Å². The molecule has 0 saturated carbocycles. The molecule has 3 aromatic rings. The first-order valence-electron chi connectivity index (χ1n) is 11.6. The summed E-state index contributed by atoms with van der Waals surface area (Å²) in [4.78, 5) is 2.67. The minimum absolute atomic E-state index is 0.223. The van der Waals surface area contributed by atoms with Crippen LogP contribution in [0, 0.1) is 11.7 Å². The summed E-state index contributed by atoms with van der Waals surface area (Å²) in [6.07, 6.45) is 2.43. The molecule has 3 nitrogen and oxygen atoms in total. The maximum atomic E-state index is 14.0. The number of hydrogen-bond donors (Lipinski definition) is 1. The zero-order chi connectivity index (χ0) is 21.9. The highest BCUT2D eigenvalue weighted by molar-refractivity contribution is 5.37. The van der Waals surface area contributed by atoms with Crippen molar-refractivity contribution in [2.24, 2.45) is 5.92 Å². The van der Waals surface area contributed by atoms with Crippen LogP contribution >= 0.6 is 0 Å². The van der Waals surface area contributed by atoms with Crippen molar-refractivity contribution in [1.82, 2.24) is 10.2 Å². The fourth-order valence-electron chi connectivity index (χ4n) is 5.81. The smallest absolute Gasteiger partial charge is 0.123 e. The summed E-state index contributed by atoms with van der Waals surface area (Å²) in [7, 11) is 1.65. The van der Waals surface area contributed by atoms with Crippen molar-refractivity contribution in [3.05, 3.63) is 101 Å². The van der Waals surface area contributed by atoms with Crippen LogP contribution in [0.1, 0.15) is 35.4 Å². The maximum absolute atomic E-state index is 14.0. The van der Waals surface area contributed by atoms with Gasteiger partial charge in [-0.3, -0.25) is 4.90 Å². The van der Waals surface area contributed by atoms with E-state index in [1.54, 1.807) is 19.2 Å². The molecule has 1 N–H and O–H groups in total. The fourth-order valence-corrected chi connectivity index (χ4v) is 5.81. The second kappa shape index (κ2) is 9.43. The molecule has 3 saturated heterocycles. The lowest BCUT2D eigenvalue weighted by atomic mass is 9.70. The Morgan fingerprint density at radius 3 is 2.16 bits per heavy atom. The van der Waals surface area contributed by atoms with E-state index in [2.05, 4.69) is 70.9 Å². The largest absolute Gasteiger partial charge is 0.496 e. The fraction of sp³-hybridized carbons (Fsp3) is 0.357. The number of ether oxygens (including phenoxy) is 1. The molecule has 3 aliphatic heterocycles. The first-order chi connectivity index (χ1) is 15.7. The van der Waals surface area contributed by atoms with Crippen LogP contribution in [0.3, 0.4) is 0 Å². The summed E-state index contributed by atoms with van der Waals surface area (Å²) in [5.74, 6) is 1.42. The van der Waals surface area contributed by atoms with Gasteiger partial charge < -0.3 is 10.1 Å². The van der Waals surface area contributed by atoms with Crippen LogP contribution in [0.25, 0.3) is 0 Å². The van der Waals surface area contributed by atoms with Crippen LogP contribution in [0.4, 0.5) is 4.39 Å². The molecule has 3 aliphatic rings. The molecule has 166 valence electrons. The van der Waals surface area contributed by atoms with E-state index in [1.165, 1.54) is 30.0 Å². The Balaban J connectivity index is 1.49. The second-order valence-electron chi connectivity index (χ2n) is 9.03. The Bertz CT molecular complexity index is 979. The minimum Gasteiger partial charge on any atom is -0.496 e. The van der Waals surface area contributed by atoms with E-state index in [9.17, 15) is 4.39 Å². The van der Waals surface area contributed by atoms with Crippen molar-refractivity contribution in [2.75, 3.05) is 20.2 Å². The molecule has 0 aromatic heterocycles. The average molecular weight is 431 g/mol. The molecular weight excluding hydrogens is 399 g/mol. The highest BCUT2D eigenvalue weighted by Crippen LogP contribution is 2.42. The molecule has 0 spiro atoms. The van der Waals surface area contributed by atoms with Gasteiger partial charge in [0.05, 0.1) is 7.11 Å². The van der Waals surface area contributed by atoms with E-state index >= 15 is 0 Å². The lowest BCUT2D eigenvalue weighted by Gasteiger charge is -2.54. The molecule has 3 aromatic carbocycles. The average Bonchev–Trinajstić information content (AvgIpc) is 2.85. The zero-order valence-corrected chi connectivity index (χ0v) is 18.6. The number of nitrogens with one attached hydrogen (secondary N) is 1. The van der Waals surface area contributed by atoms with E-state index < -0.39 is 0 Å². The molecule has 0 amide bonds. The van der Waals surface area contributed by atoms with Crippen molar-refractivity contribution in [1.29, 1.82) is 0 Å². The number of nitrogens with zero attached hydrogens (tertiary/aromatic N) is 1. The van der Waals surface area contributed by atoms with Crippen LogP contribution < -0.4 is 10.1 Å². The number of benzene rings is 3. The summed E-state index contributed by atoms with van der Waals surface area (Å²) >= 11 is 0. The van der Waals surface area contributed by atoms with Gasteiger partial charge in [0.2, 0.25) is 0 Å². The Hall–Kier alpha value is -2.69. The SMILES string of the molecule is COc1ccc(F)cc1CNC1C2CCN(CC2)C1C(c1ccccc1)c1ccccc1. The van der Waals surface area contributed by atoms with Crippen LogP contribution in [-0.4, -0.2) is 37.2 Å². The summed E-state index contributed by atoms with van der Waals surface area (Å²) in [5, 5.41) is 3.85. The number of piperidine rings is 3. The summed E-state index contributed by atoms with van der Waals surface area (Å²) < 4.78 is 19.5. The monoisotopic (exact) mass is 430 g/mol. The van der Waals surface area contributed by atoms with Crippen LogP contribution in [0.2, 0.25) is 0 Å². The topological polar surface area (TPSA) is 24.5 Å². The van der Waals surface area contributed by atoms with E-state index in [1.807, 2.05) is 0 Å². The van der Waals surface area contributed by atoms with Gasteiger partial charge in [0.25, 0.3) is 0 Å². The van der Waals surface area contributed by atoms with Gasteiger partial charge in [-0.05, 0) is 61.2 Å². The number of fused-ring (bicyclic) bond motifs is 3. The Kier molecular flexibility index (Phi) is 6.24. The predicted molar refractivity (Wildman–Crippen MR) is 126 cm³/mol. The molecule has 0 radical (unpaired) electrons. The maximum Gasteiger partial charge on any atom is 0.123 e. The summed E-state index contributed by atoms with van der Waals surface area (Å²) in [6, 6.07) is 27.2. The van der Waals surface area contributed by atoms with Crippen LogP contribution in [0.5, 0.6) is 5.75 Å². The third-order valence-corrected chi connectivity index (χ3v) is 7.30. The summed E-state index contributed by atoms with van der Waals surface area (Å²) in [6.45, 7) is 2.89. The Labute approximate surface area is 190 Å². The number of methoxy groups -OCH3 is 1. The van der Waals surface area contributed by atoms with Crippen molar-refractivity contribution in [3.8, 4) is 5.75 Å². The predicted octanol–water partition coefficient (Wildman–Crippen LogP) is 5.22. The Morgan fingerprint density at radius 2 is 1.56 bits per heavy atom. The van der Waals surface area contributed by atoms with Crippen molar-refractivity contribution in [3.63, 3.8) is 0 Å². The van der Waals surface area contributed by atoms with Gasteiger partial charge in [0, 0.05) is 30.1 Å². The van der Waals surface area contributed by atoms with Crippen molar-refractivity contribution >= 4 is 0 Å². The number of rotatable bonds is 7. The molecule has 3 heterocycles. The van der Waals surface area contributed by atoms with Gasteiger partial charge in [-0.1, -0.05) is 60.7 Å². The molecule has 2 bridgehead atoms. The van der Waals surface area contributed by atoms with Crippen LogP contribution in [0.15, 0.2) is 78.9 Å². The second-order valence-corrected chi connectivity index (χ2v) is 9.03. The quantitative estimate of drug-likeness (QED) is 0.556. The molecular formula is C28H31FN2O. The highest BCUT2D eigenvalue weighted by atomic mass is 19.1. The summed E-state index contributed by atoms with van der Waals surface area (Å²) in [5.41, 5.74) is 3.58. The third kappa shape index (κ3) is 4.17. The molecule has 3 fully saturated rings. The van der Waals surface area contributed by atoms with Gasteiger partial charge in [-0.25, -0.2) is 4.39 Å². The normalized spacial score (nSPS) is 24.6. The molecule has 0 aliphatic carbocycles. The lowest BCUT2D eigenvalue weighted by Crippen LogP contribution is -2.64. The van der Waals surface area contributed by atoms with E-state index in [0.29, 0.717) is 24.5 Å². The van der Waals surface area contributed by atoms with E-state index in [4.69, 9.17) is 4.74 Å². The number of halogens is 1. The highest BCUT2D eigenvalue weighted by Gasteiger charge is 2.46. The molecule has 2 atom stereocenters. The molecule has 6 rings (SSSR count). The molecule has 4 heteroatoms. The minimum atomic E-state index is -0.223. The lowest BCUT2D eigenvalue weighted by molar-refractivity contribution is 0.00461. The first-order valence-corrected chi connectivity index (χ1v) is 11.6. The van der Waals surface area contributed by atoms with Crippen LogP contribution in [-0.2, 0) is 6.54 Å². The standard InChI is InChI=1S/C28H31FN2O/c1-32-25-13-12-24(29)18-23(25)19-30-27-22-14-16-31(17-15-22)28(27)26(20-8-4-2-5-9-20)21-10-6-3-7-11-21/h2-13,18,22,26-28,30H,14-17,19H2,1H3. The van der Waals surface area contributed by atoms with E-state index in [0.717, 1.165) is 24.4 Å². The molecule has 2 unspecified atom stereocenters. The molecule has 32 heavy (non-hydrogen) atoms. The van der Waals surface area contributed by atoms with E-state index in [-0.39, 0.29) is 11.7 Å². The van der Waals surface area contributed by atoms with Gasteiger partial charge in [0.1, 0.15) is 11.6 Å². The first kappa shape index (κ1) is 21.2. The Morgan fingerprint density at radius 1 is 0.938 bits per heavy atom. The van der Waals surface area contributed by atoms with Gasteiger partial charge in [-0.2, -0.15) is 0 Å². The van der Waals surface area contributed by atoms with Crippen molar-refractivity contribution < 1.29 is 9.13 Å². The van der Waals surface area contributed by atoms with Gasteiger partial charge in [0.15, 0.2) is 0 Å².